The van der Waals surface area contributed by atoms with Crippen LogP contribution in [0, 0.1) is 11.3 Å². The fourth-order valence-electron chi connectivity index (χ4n) is 1.29. The summed E-state index contributed by atoms with van der Waals surface area (Å²) in [6, 6.07) is 2.57. The molecule has 4 nitrogen and oxygen atoms in total. The van der Waals surface area contributed by atoms with E-state index in [4.69, 9.17) is 16.9 Å². The lowest BCUT2D eigenvalue weighted by atomic mass is 10.3. The highest BCUT2D eigenvalue weighted by molar-refractivity contribution is 9.10. The summed E-state index contributed by atoms with van der Waals surface area (Å²) in [6.07, 6.45) is -2.47. The Labute approximate surface area is 118 Å². The number of aromatic nitrogens is 3. The molecule has 2 aromatic heterocycles. The van der Waals surface area contributed by atoms with Crippen molar-refractivity contribution < 1.29 is 13.2 Å². The monoisotopic (exact) mass is 350 g/mol. The quantitative estimate of drug-likeness (QED) is 0.789. The third-order valence-electron chi connectivity index (χ3n) is 2.14. The molecule has 0 radical (unpaired) electrons. The Morgan fingerprint density at radius 1 is 1.42 bits per heavy atom. The van der Waals surface area contributed by atoms with E-state index in [1.807, 2.05) is 6.07 Å². The smallest absolute Gasteiger partial charge is 0.235 e. The van der Waals surface area contributed by atoms with Crippen molar-refractivity contribution in [1.82, 2.24) is 14.8 Å². The largest absolute Gasteiger partial charge is 0.417 e. The van der Waals surface area contributed by atoms with Gasteiger partial charge >= 0.3 is 6.18 Å². The van der Waals surface area contributed by atoms with Gasteiger partial charge in [0, 0.05) is 12.4 Å². The van der Waals surface area contributed by atoms with Gasteiger partial charge in [-0.15, -0.1) is 0 Å². The van der Waals surface area contributed by atoms with Gasteiger partial charge in [-0.25, -0.2) is 9.67 Å². The van der Waals surface area contributed by atoms with Crippen LogP contribution in [0.2, 0.25) is 5.02 Å². The van der Waals surface area contributed by atoms with Crippen LogP contribution in [0.4, 0.5) is 13.2 Å². The van der Waals surface area contributed by atoms with E-state index < -0.39 is 11.7 Å². The molecule has 0 aromatic carbocycles. The molecule has 19 heavy (non-hydrogen) atoms. The lowest BCUT2D eigenvalue weighted by Crippen LogP contribution is -2.08. The maximum absolute atomic E-state index is 12.5. The molecular formula is C10H3BrClF3N4. The normalized spacial score (nSPS) is 11.4. The van der Waals surface area contributed by atoms with Gasteiger partial charge in [-0.05, 0) is 22.0 Å². The number of nitriles is 1. The van der Waals surface area contributed by atoms with Gasteiger partial charge in [0.1, 0.15) is 6.07 Å². The van der Waals surface area contributed by atoms with Crippen LogP contribution in [0.3, 0.4) is 0 Å². The molecule has 0 aliphatic heterocycles. The predicted molar refractivity (Wildman–Crippen MR) is 63.8 cm³/mol. The van der Waals surface area contributed by atoms with E-state index >= 15 is 0 Å². The Morgan fingerprint density at radius 2 is 2.11 bits per heavy atom. The minimum Gasteiger partial charge on any atom is -0.235 e. The van der Waals surface area contributed by atoms with Crippen molar-refractivity contribution in [1.29, 1.82) is 5.26 Å². The maximum Gasteiger partial charge on any atom is 0.417 e. The molecule has 0 unspecified atom stereocenters. The topological polar surface area (TPSA) is 54.5 Å². The molecule has 0 spiro atoms. The minimum absolute atomic E-state index is 0.0110. The van der Waals surface area contributed by atoms with Crippen molar-refractivity contribution in [3.8, 4) is 11.9 Å². The molecule has 0 aliphatic carbocycles. The van der Waals surface area contributed by atoms with E-state index in [2.05, 4.69) is 26.0 Å². The second-order valence-electron chi connectivity index (χ2n) is 3.41. The highest BCUT2D eigenvalue weighted by Gasteiger charge is 2.31. The van der Waals surface area contributed by atoms with Crippen LogP contribution in [0.5, 0.6) is 0 Å². The molecular weight excluding hydrogens is 348 g/mol. The summed E-state index contributed by atoms with van der Waals surface area (Å²) >= 11 is 8.84. The van der Waals surface area contributed by atoms with Crippen molar-refractivity contribution in [2.24, 2.45) is 0 Å². The molecule has 0 amide bonds. The van der Waals surface area contributed by atoms with Gasteiger partial charge in [-0.2, -0.15) is 23.5 Å². The molecule has 0 saturated heterocycles. The van der Waals surface area contributed by atoms with E-state index in [1.165, 1.54) is 6.20 Å². The second-order valence-corrected chi connectivity index (χ2v) is 4.67. The molecule has 98 valence electrons. The van der Waals surface area contributed by atoms with Crippen LogP contribution in [0.1, 0.15) is 11.3 Å². The van der Waals surface area contributed by atoms with Gasteiger partial charge in [0.25, 0.3) is 0 Å². The highest BCUT2D eigenvalue weighted by Crippen LogP contribution is 2.32. The van der Waals surface area contributed by atoms with Crippen molar-refractivity contribution in [3.63, 3.8) is 0 Å². The molecule has 0 atom stereocenters. The van der Waals surface area contributed by atoms with Crippen LogP contribution in [0.25, 0.3) is 5.82 Å². The number of alkyl halides is 3. The lowest BCUT2D eigenvalue weighted by molar-refractivity contribution is -0.137. The summed E-state index contributed by atoms with van der Waals surface area (Å²) in [5.74, 6) is 0.0110. The first kappa shape index (κ1) is 13.8. The number of hydrogen-bond donors (Lipinski definition) is 0. The van der Waals surface area contributed by atoms with Crippen LogP contribution in [0.15, 0.2) is 22.9 Å². The molecule has 0 N–H and O–H groups in total. The Hall–Kier alpha value is -1.59. The zero-order chi connectivity index (χ0) is 14.2. The molecule has 0 aliphatic rings. The van der Waals surface area contributed by atoms with Crippen molar-refractivity contribution >= 4 is 27.5 Å². The first-order valence-electron chi connectivity index (χ1n) is 4.71. The first-order chi connectivity index (χ1) is 8.82. The Morgan fingerprint density at radius 3 is 2.58 bits per heavy atom. The Bertz CT molecular complexity index is 674. The maximum atomic E-state index is 12.5. The standard InChI is InChI=1S/C10H3BrClF3N4/c11-6-4-19(18-8(6)2-16)9-7(12)1-5(3-17-9)10(13,14)15/h1,3-4H. The summed E-state index contributed by atoms with van der Waals surface area (Å²) in [4.78, 5) is 3.62. The van der Waals surface area contributed by atoms with Crippen LogP contribution in [-0.4, -0.2) is 14.8 Å². The summed E-state index contributed by atoms with van der Waals surface area (Å²) < 4.78 is 38.9. The third-order valence-corrected chi connectivity index (χ3v) is 3.00. The van der Waals surface area contributed by atoms with Gasteiger partial charge in [-0.3, -0.25) is 0 Å². The number of rotatable bonds is 1. The average molecular weight is 352 g/mol. The second kappa shape index (κ2) is 4.83. The SMILES string of the molecule is N#Cc1nn(-c2ncc(C(F)(F)F)cc2Cl)cc1Br. The summed E-state index contributed by atoms with van der Waals surface area (Å²) in [5, 5.41) is 12.4. The van der Waals surface area contributed by atoms with Crippen LogP contribution in [-0.2, 0) is 6.18 Å². The van der Waals surface area contributed by atoms with Crippen molar-refractivity contribution in [3.05, 3.63) is 39.2 Å². The van der Waals surface area contributed by atoms with Gasteiger partial charge < -0.3 is 0 Å². The van der Waals surface area contributed by atoms with Gasteiger partial charge in [0.15, 0.2) is 11.5 Å². The van der Waals surface area contributed by atoms with Crippen molar-refractivity contribution in [2.45, 2.75) is 6.18 Å². The minimum atomic E-state index is -4.52. The fraction of sp³-hybridized carbons (Fsp3) is 0.100. The molecule has 2 aromatic rings. The summed E-state index contributed by atoms with van der Waals surface area (Å²) in [5.41, 5.74) is -0.870. The lowest BCUT2D eigenvalue weighted by Gasteiger charge is -2.08. The third kappa shape index (κ3) is 2.72. The molecule has 9 heteroatoms. The van der Waals surface area contributed by atoms with E-state index in [1.54, 1.807) is 0 Å². The first-order valence-corrected chi connectivity index (χ1v) is 5.88. The zero-order valence-corrected chi connectivity index (χ0v) is 11.3. The molecule has 0 bridgehead atoms. The number of pyridine rings is 1. The summed E-state index contributed by atoms with van der Waals surface area (Å²) in [6.45, 7) is 0. The predicted octanol–water partition coefficient (Wildman–Crippen LogP) is 3.57. The van der Waals surface area contributed by atoms with Crippen LogP contribution >= 0.6 is 27.5 Å². The van der Waals surface area contributed by atoms with Crippen molar-refractivity contribution in [2.75, 3.05) is 0 Å². The molecule has 0 fully saturated rings. The number of halogens is 5. The number of nitrogens with zero attached hydrogens (tertiary/aromatic N) is 4. The van der Waals surface area contributed by atoms with Gasteiger partial charge in [0.2, 0.25) is 0 Å². The molecule has 2 heterocycles. The van der Waals surface area contributed by atoms with E-state index in [-0.39, 0.29) is 16.5 Å². The van der Waals surface area contributed by atoms with E-state index in [0.717, 1.165) is 10.7 Å². The van der Waals surface area contributed by atoms with Crippen LogP contribution < -0.4 is 0 Å². The Kier molecular flexibility index (Phi) is 3.52. The number of hydrogen-bond acceptors (Lipinski definition) is 3. The summed E-state index contributed by atoms with van der Waals surface area (Å²) in [7, 11) is 0. The highest BCUT2D eigenvalue weighted by atomic mass is 79.9. The van der Waals surface area contributed by atoms with Gasteiger partial charge in [-0.1, -0.05) is 11.6 Å². The zero-order valence-electron chi connectivity index (χ0n) is 8.91. The average Bonchev–Trinajstić information content (AvgIpc) is 2.69. The Balaban J connectivity index is 2.49. The fourth-order valence-corrected chi connectivity index (χ4v) is 1.91. The molecule has 0 saturated carbocycles. The van der Waals surface area contributed by atoms with E-state index in [9.17, 15) is 13.2 Å². The van der Waals surface area contributed by atoms with Gasteiger partial charge in [0.05, 0.1) is 15.1 Å². The molecule has 2 rings (SSSR count). The van der Waals surface area contributed by atoms with E-state index in [0.29, 0.717) is 10.7 Å².